The molecule has 18 heteroatoms. The fourth-order valence-corrected chi connectivity index (χ4v) is 9.38. The second-order valence-electron chi connectivity index (χ2n) is 14.1. The molecule has 0 radical (unpaired) electrons. The van der Waals surface area contributed by atoms with Gasteiger partial charge in [0.05, 0.1) is 39.4 Å². The molecular formula is C37H33ClF3N9O4S. The molecule has 0 spiro atoms. The average molecular weight is 792 g/mol. The number of nitrogens with zero attached hydrogens (tertiary/aromatic N) is 8. The van der Waals surface area contributed by atoms with Crippen LogP contribution >= 0.6 is 22.9 Å². The highest BCUT2D eigenvalue weighted by atomic mass is 35.5. The van der Waals surface area contributed by atoms with Gasteiger partial charge < -0.3 is 19.6 Å². The van der Waals surface area contributed by atoms with Crippen LogP contribution in [0.2, 0.25) is 5.02 Å². The van der Waals surface area contributed by atoms with Gasteiger partial charge in [0.25, 0.3) is 5.91 Å². The molecule has 284 valence electrons. The van der Waals surface area contributed by atoms with Crippen LogP contribution in [0.3, 0.4) is 0 Å². The van der Waals surface area contributed by atoms with Gasteiger partial charge in [0.1, 0.15) is 34.8 Å². The molecule has 2 aromatic carbocycles. The Labute approximate surface area is 321 Å². The molecule has 3 aliphatic heterocycles. The Kier molecular flexibility index (Phi) is 9.30. The summed E-state index contributed by atoms with van der Waals surface area (Å²) in [7, 11) is 3.29. The zero-order valence-electron chi connectivity index (χ0n) is 29.6. The first-order valence-electron chi connectivity index (χ1n) is 17.5. The number of fused-ring (bicyclic) bond motifs is 4. The van der Waals surface area contributed by atoms with Gasteiger partial charge in [0.2, 0.25) is 0 Å². The van der Waals surface area contributed by atoms with E-state index >= 15 is 8.78 Å². The number of carbonyl (C=O) groups excluding carboxylic acids is 1. The van der Waals surface area contributed by atoms with Crippen molar-refractivity contribution in [3.63, 3.8) is 0 Å². The zero-order chi connectivity index (χ0) is 38.8. The van der Waals surface area contributed by atoms with Gasteiger partial charge in [-0.1, -0.05) is 17.7 Å². The highest BCUT2D eigenvalue weighted by Crippen LogP contribution is 2.47. The first kappa shape index (κ1) is 36.5. The third-order valence-corrected chi connectivity index (χ3v) is 11.9. The summed E-state index contributed by atoms with van der Waals surface area (Å²) in [6.07, 6.45) is 1.94. The number of hydrogen-bond acceptors (Lipinski definition) is 10. The van der Waals surface area contributed by atoms with E-state index in [1.807, 2.05) is 11.0 Å². The normalized spacial score (nSPS) is 19.1. The summed E-state index contributed by atoms with van der Waals surface area (Å²) in [5.74, 6) is -1.56. The Morgan fingerprint density at radius 1 is 1.18 bits per heavy atom. The highest BCUT2D eigenvalue weighted by molar-refractivity contribution is 7.23. The fraction of sp³-hybridized carbons (Fsp3) is 0.351. The van der Waals surface area contributed by atoms with Gasteiger partial charge in [0.15, 0.2) is 11.5 Å². The maximum absolute atomic E-state index is 17.3. The van der Waals surface area contributed by atoms with E-state index in [9.17, 15) is 24.3 Å². The van der Waals surface area contributed by atoms with Gasteiger partial charge in [-0.05, 0) is 61.6 Å². The molecule has 13 nitrogen and oxygen atoms in total. The number of benzene rings is 2. The monoisotopic (exact) mass is 791 g/mol. The third kappa shape index (κ3) is 6.27. The van der Waals surface area contributed by atoms with Crippen LogP contribution in [0.5, 0.6) is 6.01 Å². The second kappa shape index (κ2) is 14.0. The zero-order valence-corrected chi connectivity index (χ0v) is 31.2. The number of ether oxygens (including phenoxy) is 1. The van der Waals surface area contributed by atoms with Crippen LogP contribution in [0.15, 0.2) is 36.2 Å². The largest absolute Gasteiger partial charge is 0.465 e. The summed E-state index contributed by atoms with van der Waals surface area (Å²) in [6, 6.07) is 7.43. The number of anilines is 2. The Morgan fingerprint density at radius 3 is 2.75 bits per heavy atom. The maximum Gasteiger partial charge on any atom is 0.409 e. The van der Waals surface area contributed by atoms with E-state index in [0.29, 0.717) is 61.5 Å². The molecule has 55 heavy (non-hydrogen) atoms. The number of amides is 2. The van der Waals surface area contributed by atoms with E-state index < -0.39 is 23.3 Å². The molecule has 2 saturated heterocycles. The molecule has 2 N–H and O–H groups in total. The van der Waals surface area contributed by atoms with Gasteiger partial charge >= 0.3 is 12.1 Å². The van der Waals surface area contributed by atoms with Crippen molar-refractivity contribution in [2.75, 3.05) is 50.6 Å². The molecule has 0 aliphatic carbocycles. The first-order valence-corrected chi connectivity index (χ1v) is 18.6. The molecule has 2 fully saturated rings. The number of aromatic nitrogens is 4. The maximum atomic E-state index is 17.3. The van der Waals surface area contributed by atoms with E-state index in [-0.39, 0.29) is 78.5 Å². The second-order valence-corrected chi connectivity index (χ2v) is 15.5. The molecule has 3 aromatic heterocycles. The van der Waals surface area contributed by atoms with Crippen molar-refractivity contribution in [3.8, 4) is 23.2 Å². The van der Waals surface area contributed by atoms with E-state index in [1.165, 1.54) is 17.0 Å². The molecule has 0 bridgehead atoms. The van der Waals surface area contributed by atoms with E-state index in [4.69, 9.17) is 21.3 Å². The van der Waals surface area contributed by atoms with Gasteiger partial charge in [-0.2, -0.15) is 20.3 Å². The van der Waals surface area contributed by atoms with Crippen molar-refractivity contribution < 1.29 is 32.6 Å². The third-order valence-electron chi connectivity index (χ3n) is 10.5. The van der Waals surface area contributed by atoms with E-state index in [2.05, 4.69) is 20.3 Å². The molecule has 5 aromatic rings. The van der Waals surface area contributed by atoms with Crippen LogP contribution in [0.4, 0.5) is 28.8 Å². The summed E-state index contributed by atoms with van der Waals surface area (Å²) in [5, 5.41) is 26.2. The lowest BCUT2D eigenvalue weighted by atomic mass is 9.94. The number of nitriles is 1. The van der Waals surface area contributed by atoms with Gasteiger partial charge in [0, 0.05) is 50.1 Å². The standard InChI is InChI=1S/C37H33ClF3N9O4S/c1-47(2)34(51)26-11-20-17-48(8-4-10-50(20)46-26)32-22-12-24(38)28(21-5-6-25(40)31-27(21)23(15-42)33(55-31)45-36(52)53)29(41)30(22)43-35(44-32)54-18-37-7-3-9-49(37)16-19(13-37)14-39/h5-6,11-12,14,45H,3-4,7-10,13,16-18H2,1-2H3,(H,52,53)/b19-14-/t37-/m0/s1. The van der Waals surface area contributed by atoms with Crippen molar-refractivity contribution in [2.24, 2.45) is 0 Å². The van der Waals surface area contributed by atoms with Gasteiger partial charge in [-0.15, -0.1) is 11.3 Å². The predicted molar refractivity (Wildman–Crippen MR) is 200 cm³/mol. The Balaban J connectivity index is 1.28. The molecule has 1 atom stereocenters. The van der Waals surface area contributed by atoms with Crippen LogP contribution in [0, 0.1) is 23.0 Å². The van der Waals surface area contributed by atoms with Crippen molar-refractivity contribution in [2.45, 2.75) is 44.3 Å². The van der Waals surface area contributed by atoms with Crippen molar-refractivity contribution in [3.05, 3.63) is 69.8 Å². The van der Waals surface area contributed by atoms with Crippen LogP contribution in [0.1, 0.15) is 47.4 Å². The SMILES string of the molecule is CN(C)C(=O)c1cc2n(n1)CCCN(c1nc(OC[C@@]34CCCN3C/C(=C\F)C4)nc3c(F)c(-c4ccc(F)c5sc(NC(=O)O)c(C#N)c45)c(Cl)cc13)C2. The topological polar surface area (TPSA) is 153 Å². The van der Waals surface area contributed by atoms with Crippen LogP contribution in [-0.2, 0) is 13.1 Å². The van der Waals surface area contributed by atoms with E-state index in [0.717, 1.165) is 31.1 Å². The van der Waals surface area contributed by atoms with Crippen molar-refractivity contribution in [1.82, 2.24) is 29.5 Å². The first-order chi connectivity index (χ1) is 26.4. The average Bonchev–Trinajstić information content (AvgIpc) is 3.89. The number of halogens is 4. The lowest BCUT2D eigenvalue weighted by molar-refractivity contribution is 0.0821. The van der Waals surface area contributed by atoms with Crippen LogP contribution in [0.25, 0.3) is 32.1 Å². The van der Waals surface area contributed by atoms with Gasteiger partial charge in [-0.25, -0.2) is 18.0 Å². The number of carbonyl (C=O) groups is 2. The molecule has 0 unspecified atom stereocenters. The number of aryl methyl sites for hydroxylation is 1. The summed E-state index contributed by atoms with van der Waals surface area (Å²) in [5.41, 5.74) is 0.743. The summed E-state index contributed by atoms with van der Waals surface area (Å²) < 4.78 is 54.2. The number of carboxylic acid groups (broad SMARTS) is 1. The van der Waals surface area contributed by atoms with Crippen molar-refractivity contribution >= 4 is 66.7 Å². The summed E-state index contributed by atoms with van der Waals surface area (Å²) in [6.45, 7) is 2.63. The van der Waals surface area contributed by atoms with E-state index in [1.54, 1.807) is 24.8 Å². The lowest BCUT2D eigenvalue weighted by Gasteiger charge is -2.31. The quantitative estimate of drug-likeness (QED) is 0.173. The Bertz CT molecular complexity index is 2500. The molecule has 6 heterocycles. The minimum atomic E-state index is -1.46. The lowest BCUT2D eigenvalue weighted by Crippen LogP contribution is -2.43. The minimum Gasteiger partial charge on any atom is -0.465 e. The molecule has 2 amide bonds. The molecule has 0 saturated carbocycles. The molecular weight excluding hydrogens is 759 g/mol. The minimum absolute atomic E-state index is 0.00983. The smallest absolute Gasteiger partial charge is 0.409 e. The number of thiophene rings is 1. The Hall–Kier alpha value is -5.44. The number of hydrogen-bond donors (Lipinski definition) is 2. The van der Waals surface area contributed by atoms with Crippen LogP contribution in [-0.4, -0.2) is 92.5 Å². The number of rotatable bonds is 7. The van der Waals surface area contributed by atoms with Crippen molar-refractivity contribution in [1.29, 1.82) is 5.26 Å². The highest BCUT2D eigenvalue weighted by Gasteiger charge is 2.47. The van der Waals surface area contributed by atoms with Gasteiger partial charge in [-0.3, -0.25) is 19.7 Å². The summed E-state index contributed by atoms with van der Waals surface area (Å²) >= 11 is 7.62. The number of nitrogens with one attached hydrogen (secondary N) is 1. The fourth-order valence-electron chi connectivity index (χ4n) is 8.01. The van der Waals surface area contributed by atoms with Crippen LogP contribution < -0.4 is 15.0 Å². The summed E-state index contributed by atoms with van der Waals surface area (Å²) in [4.78, 5) is 39.2. The predicted octanol–water partition coefficient (Wildman–Crippen LogP) is 7.18. The molecule has 3 aliphatic rings. The Morgan fingerprint density at radius 2 is 2.00 bits per heavy atom. The molecule has 8 rings (SSSR count).